The molecule has 0 bridgehead atoms. The van der Waals surface area contributed by atoms with Crippen molar-refractivity contribution in [3.63, 3.8) is 0 Å². The molecule has 5 heterocycles. The molecule has 4 atom stereocenters. The van der Waals surface area contributed by atoms with Crippen LogP contribution in [0.4, 0.5) is 29.9 Å². The van der Waals surface area contributed by atoms with Crippen LogP contribution in [-0.4, -0.2) is 115 Å². The van der Waals surface area contributed by atoms with Crippen molar-refractivity contribution in [3.05, 3.63) is 108 Å². The predicted octanol–water partition coefficient (Wildman–Crippen LogP) is 7.80. The van der Waals surface area contributed by atoms with Gasteiger partial charge in [0.1, 0.15) is 48.5 Å². The van der Waals surface area contributed by atoms with E-state index in [1.54, 1.807) is 84.1 Å². The molecule has 75 heavy (non-hydrogen) atoms. The van der Waals surface area contributed by atoms with E-state index in [2.05, 4.69) is 36.3 Å². The molecule has 3 aliphatic rings. The van der Waals surface area contributed by atoms with E-state index in [1.165, 1.54) is 33.5 Å². The van der Waals surface area contributed by atoms with Gasteiger partial charge in [0.15, 0.2) is 11.4 Å². The number of rotatable bonds is 17. The summed E-state index contributed by atoms with van der Waals surface area (Å²) in [6.45, 7) is 11.2. The number of carbonyl (C=O) groups excluding carboxylic acids is 6. The van der Waals surface area contributed by atoms with Crippen LogP contribution in [0, 0.1) is 11.3 Å². The molecule has 0 radical (unpaired) electrons. The Hall–Kier alpha value is -7.91. The maximum Gasteiger partial charge on any atom is 0.410 e. The number of hydrogen-bond acceptors (Lipinski definition) is 14. The minimum Gasteiger partial charge on any atom is -0.459 e. The molecular formula is C53H62F2N10O10. The number of ether oxygens (including phenoxy) is 3. The van der Waals surface area contributed by atoms with Crippen molar-refractivity contribution in [1.29, 1.82) is 0 Å². The third-order valence-corrected chi connectivity index (χ3v) is 12.7. The van der Waals surface area contributed by atoms with E-state index in [1.807, 2.05) is 30.3 Å². The second kappa shape index (κ2) is 22.7. The molecule has 1 saturated carbocycles. The molecule has 2 aliphatic heterocycles. The van der Waals surface area contributed by atoms with Crippen molar-refractivity contribution in [3.8, 4) is 17.1 Å². The monoisotopic (exact) mass is 1040 g/mol. The molecule has 2 aromatic carbocycles. The lowest BCUT2D eigenvalue weighted by Gasteiger charge is -2.35. The maximum atomic E-state index is 14.5. The van der Waals surface area contributed by atoms with Gasteiger partial charge in [0.05, 0.1) is 24.1 Å². The number of anilines is 2. The number of nitrogens with zero attached hydrogens (tertiary/aromatic N) is 6. The van der Waals surface area contributed by atoms with Crippen LogP contribution in [0.2, 0.25) is 0 Å². The second-order valence-electron chi connectivity index (χ2n) is 20.9. The molecule has 2 saturated heterocycles. The number of aromatic nitrogens is 4. The summed E-state index contributed by atoms with van der Waals surface area (Å²) in [4.78, 5) is 93.2. The molecule has 0 unspecified atom stereocenters. The Kier molecular flexibility index (Phi) is 16.1. The van der Waals surface area contributed by atoms with Crippen molar-refractivity contribution >= 4 is 47.4 Å². The van der Waals surface area contributed by atoms with Gasteiger partial charge in [0.25, 0.3) is 12.3 Å². The molecule has 20 nitrogen and oxygen atoms in total. The van der Waals surface area contributed by atoms with Gasteiger partial charge in [-0.3, -0.25) is 19.3 Å². The first-order chi connectivity index (χ1) is 35.7. The van der Waals surface area contributed by atoms with E-state index in [0.717, 1.165) is 18.4 Å². The van der Waals surface area contributed by atoms with Gasteiger partial charge in [-0.1, -0.05) is 63.2 Å². The fourth-order valence-electron chi connectivity index (χ4n) is 8.67. The Morgan fingerprint density at radius 2 is 1.64 bits per heavy atom. The summed E-state index contributed by atoms with van der Waals surface area (Å²) in [5, 5.41) is 15.3. The minimum absolute atomic E-state index is 0.0143. The highest BCUT2D eigenvalue weighted by atomic mass is 19.3. The van der Waals surface area contributed by atoms with Crippen LogP contribution in [0.25, 0.3) is 17.1 Å². The summed E-state index contributed by atoms with van der Waals surface area (Å²) >= 11 is 0. The third-order valence-electron chi connectivity index (χ3n) is 12.7. The zero-order valence-corrected chi connectivity index (χ0v) is 42.6. The van der Waals surface area contributed by atoms with Gasteiger partial charge >= 0.3 is 18.2 Å². The lowest BCUT2D eigenvalue weighted by molar-refractivity contribution is -0.154. The SMILES string of the molecule is CC(C)(C)OC(=O)N[C@H](C(=O)N1C[C@H](OC(=O)[C@@H]2CCCN2C(=O)OCc2ccccc2)C[C@H]1C(=O)NCc1ccc(-n2cc(NC(=O)c3coc(-c4ccnc(NCC5CC5)c4)n3)c(C(F)F)n2)cc1)C(C)(C)C. The van der Waals surface area contributed by atoms with Gasteiger partial charge in [-0.15, -0.1) is 0 Å². The predicted molar refractivity (Wildman–Crippen MR) is 268 cm³/mol. The number of carbonyl (C=O) groups is 6. The summed E-state index contributed by atoms with van der Waals surface area (Å²) in [5.74, 6) is -1.29. The summed E-state index contributed by atoms with van der Waals surface area (Å²) in [5.41, 5.74) is -0.522. The number of oxazole rings is 1. The Bertz CT molecular complexity index is 2860. The van der Waals surface area contributed by atoms with Crippen molar-refractivity contribution in [2.24, 2.45) is 11.3 Å². The van der Waals surface area contributed by atoms with E-state index >= 15 is 0 Å². The van der Waals surface area contributed by atoms with Crippen LogP contribution in [0.15, 0.2) is 89.8 Å². The number of likely N-dealkylation sites (tertiary alicyclic amines) is 2. The Morgan fingerprint density at radius 1 is 0.893 bits per heavy atom. The lowest BCUT2D eigenvalue weighted by atomic mass is 9.85. The highest BCUT2D eigenvalue weighted by Gasteiger charge is 2.47. The van der Waals surface area contributed by atoms with Crippen LogP contribution >= 0.6 is 0 Å². The number of alkyl carbamates (subject to hydrolysis) is 1. The maximum absolute atomic E-state index is 14.5. The zero-order chi connectivity index (χ0) is 53.6. The van der Waals surface area contributed by atoms with Gasteiger partial charge in [-0.2, -0.15) is 5.10 Å². The highest BCUT2D eigenvalue weighted by molar-refractivity contribution is 6.03. The fraction of sp³-hybridized carbons (Fsp3) is 0.453. The average Bonchev–Trinajstić information content (AvgIpc) is 3.79. The fourth-order valence-corrected chi connectivity index (χ4v) is 8.67. The normalized spacial score (nSPS) is 18.1. The lowest BCUT2D eigenvalue weighted by Crippen LogP contribution is -2.58. The summed E-state index contributed by atoms with van der Waals surface area (Å²) in [7, 11) is 0. The first-order valence-corrected chi connectivity index (χ1v) is 24.9. The molecule has 5 aromatic rings. The zero-order valence-electron chi connectivity index (χ0n) is 42.6. The topological polar surface area (TPSA) is 241 Å². The molecule has 0 spiro atoms. The molecule has 3 aromatic heterocycles. The van der Waals surface area contributed by atoms with E-state index < -0.39 is 83.2 Å². The molecule has 22 heteroatoms. The number of pyridine rings is 1. The van der Waals surface area contributed by atoms with Gasteiger partial charge in [-0.25, -0.2) is 37.8 Å². The number of esters is 1. The van der Waals surface area contributed by atoms with Crippen LogP contribution in [-0.2, 0) is 41.7 Å². The van der Waals surface area contributed by atoms with Gasteiger partial charge in [-0.05, 0) is 93.2 Å². The summed E-state index contributed by atoms with van der Waals surface area (Å²) in [6.07, 6.45) is 1.55. The number of amides is 5. The third kappa shape index (κ3) is 13.8. The molecule has 5 amide bonds. The first kappa shape index (κ1) is 53.4. The van der Waals surface area contributed by atoms with Gasteiger partial charge < -0.3 is 44.8 Å². The van der Waals surface area contributed by atoms with E-state index in [-0.39, 0.29) is 49.9 Å². The smallest absolute Gasteiger partial charge is 0.410 e. The second-order valence-corrected chi connectivity index (χ2v) is 20.9. The number of hydrogen-bond donors (Lipinski definition) is 4. The Labute approximate surface area is 432 Å². The van der Waals surface area contributed by atoms with Crippen molar-refractivity contribution in [2.45, 2.75) is 123 Å². The van der Waals surface area contributed by atoms with Crippen LogP contribution in [0.3, 0.4) is 0 Å². The number of alkyl halides is 2. The van der Waals surface area contributed by atoms with Gasteiger partial charge in [0, 0.05) is 37.8 Å². The van der Waals surface area contributed by atoms with Crippen LogP contribution in [0.5, 0.6) is 0 Å². The number of benzene rings is 2. The number of nitrogens with one attached hydrogen (secondary N) is 4. The van der Waals surface area contributed by atoms with Crippen molar-refractivity contribution < 1.29 is 56.2 Å². The molecule has 3 fully saturated rings. The summed E-state index contributed by atoms with van der Waals surface area (Å²) in [6, 6.07) is 15.7. The first-order valence-electron chi connectivity index (χ1n) is 24.9. The Balaban J connectivity index is 0.926. The van der Waals surface area contributed by atoms with Crippen molar-refractivity contribution in [1.82, 2.24) is 40.2 Å². The largest absolute Gasteiger partial charge is 0.459 e. The molecule has 8 rings (SSSR count). The molecule has 398 valence electrons. The molecule has 1 aliphatic carbocycles. The Morgan fingerprint density at radius 3 is 2.33 bits per heavy atom. The van der Waals surface area contributed by atoms with E-state index in [0.29, 0.717) is 41.4 Å². The average molecular weight is 1040 g/mol. The quantitative estimate of drug-likeness (QED) is 0.0513. The number of halogens is 2. The standard InChI is InChI=1S/C53H62F2N10O10/c1-52(2,3)43(61-50(70)75-53(4,5)6)48(68)64-27-36(74-49(69)39-13-10-22-63(39)51(71)73-29-33-11-8-7-9-12-33)24-40(64)46(67)58-26-32-16-18-35(19-17-32)65-28-37(42(62-65)44(54)55)59-45(66)38-30-72-47(60-38)34-20-21-56-41(23-34)57-25-31-14-15-31/h7-9,11-12,16-21,23,28,30-31,36,39-40,43-44H,10,13-15,22,24-27,29H2,1-6H3,(H,56,57)(H,58,67)(H,59,66)(H,61,70)/t36-,39+,40+,43-/m1/s1. The van der Waals surface area contributed by atoms with Gasteiger partial charge in [0.2, 0.25) is 17.7 Å². The summed E-state index contributed by atoms with van der Waals surface area (Å²) < 4.78 is 52.4. The minimum atomic E-state index is -3.05. The highest BCUT2D eigenvalue weighted by Crippen LogP contribution is 2.32. The molecular weight excluding hydrogens is 975 g/mol. The van der Waals surface area contributed by atoms with Crippen LogP contribution in [0.1, 0.15) is 107 Å². The van der Waals surface area contributed by atoms with E-state index in [9.17, 15) is 37.5 Å². The van der Waals surface area contributed by atoms with Crippen molar-refractivity contribution in [2.75, 3.05) is 30.3 Å². The van der Waals surface area contributed by atoms with Crippen LogP contribution < -0.4 is 21.3 Å². The molecule has 4 N–H and O–H groups in total. The van der Waals surface area contributed by atoms with E-state index in [4.69, 9.17) is 18.6 Å².